The molecule has 3 rings (SSSR count). The Kier molecular flexibility index (Phi) is 4.52. The monoisotopic (exact) mass is 310 g/mol. The van der Waals surface area contributed by atoms with Gasteiger partial charge in [-0.15, -0.1) is 5.10 Å². The summed E-state index contributed by atoms with van der Waals surface area (Å²) in [4.78, 5) is 0. The van der Waals surface area contributed by atoms with Crippen molar-refractivity contribution in [2.75, 3.05) is 13.2 Å². The zero-order chi connectivity index (χ0) is 16.1. The van der Waals surface area contributed by atoms with Crippen molar-refractivity contribution in [3.63, 3.8) is 0 Å². The van der Waals surface area contributed by atoms with Crippen LogP contribution in [0.25, 0.3) is 5.69 Å². The Morgan fingerprint density at radius 2 is 1.87 bits per heavy atom. The van der Waals surface area contributed by atoms with Gasteiger partial charge in [0.2, 0.25) is 0 Å². The van der Waals surface area contributed by atoms with Gasteiger partial charge in [0.15, 0.2) is 0 Å². The van der Waals surface area contributed by atoms with Crippen LogP contribution < -0.4 is 9.47 Å². The fraction of sp³-hybridized carbons (Fsp3) is 0.235. The zero-order valence-electron chi connectivity index (χ0n) is 13.1. The fourth-order valence-electron chi connectivity index (χ4n) is 2.17. The molecule has 0 N–H and O–H groups in total. The van der Waals surface area contributed by atoms with Gasteiger partial charge in [0.1, 0.15) is 31.0 Å². The normalized spacial score (nSPS) is 10.5. The summed E-state index contributed by atoms with van der Waals surface area (Å²) in [7, 11) is 0. The summed E-state index contributed by atoms with van der Waals surface area (Å²) in [6.45, 7) is 5.03. The first kappa shape index (κ1) is 15.0. The highest BCUT2D eigenvalue weighted by molar-refractivity contribution is 5.38. The molecule has 23 heavy (non-hydrogen) atoms. The lowest BCUT2D eigenvalue weighted by molar-refractivity contribution is 0.216. The van der Waals surface area contributed by atoms with E-state index in [1.807, 2.05) is 44.2 Å². The van der Waals surface area contributed by atoms with E-state index in [0.717, 1.165) is 22.7 Å². The molecule has 0 unspecified atom stereocenters. The number of aryl methyl sites for hydroxylation is 2. The van der Waals surface area contributed by atoms with E-state index in [9.17, 15) is 0 Å². The molecular weight excluding hydrogens is 292 g/mol. The molecule has 0 atom stereocenters. The molecular formula is C17H18N4O2. The summed E-state index contributed by atoms with van der Waals surface area (Å²) in [6, 6.07) is 13.8. The Hall–Kier alpha value is -2.89. The molecule has 0 saturated carbocycles. The summed E-state index contributed by atoms with van der Waals surface area (Å²) in [5, 5.41) is 11.1. The van der Waals surface area contributed by atoms with Crippen molar-refractivity contribution >= 4 is 0 Å². The van der Waals surface area contributed by atoms with Crippen molar-refractivity contribution in [1.82, 2.24) is 20.2 Å². The zero-order valence-corrected chi connectivity index (χ0v) is 13.1. The van der Waals surface area contributed by atoms with Crippen LogP contribution in [0.5, 0.6) is 11.5 Å². The van der Waals surface area contributed by atoms with Crippen molar-refractivity contribution in [1.29, 1.82) is 0 Å². The molecule has 0 spiro atoms. The SMILES string of the molecule is Cc1ccc(C)c(OCCOc2cccc(-n3cnnn3)c2)c1. The van der Waals surface area contributed by atoms with Gasteiger partial charge in [-0.3, -0.25) is 0 Å². The molecule has 0 fully saturated rings. The van der Waals surface area contributed by atoms with E-state index in [2.05, 4.69) is 27.7 Å². The average Bonchev–Trinajstić information content (AvgIpc) is 3.09. The van der Waals surface area contributed by atoms with Crippen molar-refractivity contribution in [2.24, 2.45) is 0 Å². The van der Waals surface area contributed by atoms with E-state index < -0.39 is 0 Å². The van der Waals surface area contributed by atoms with Gasteiger partial charge in [0.05, 0.1) is 5.69 Å². The van der Waals surface area contributed by atoms with Crippen LogP contribution in [0.2, 0.25) is 0 Å². The summed E-state index contributed by atoms with van der Waals surface area (Å²) in [5.41, 5.74) is 3.15. The van der Waals surface area contributed by atoms with E-state index >= 15 is 0 Å². The summed E-state index contributed by atoms with van der Waals surface area (Å²) < 4.78 is 13.1. The molecule has 3 aromatic rings. The molecule has 0 saturated heterocycles. The lowest BCUT2D eigenvalue weighted by Gasteiger charge is -2.11. The minimum Gasteiger partial charge on any atom is -0.490 e. The largest absolute Gasteiger partial charge is 0.490 e. The van der Waals surface area contributed by atoms with Gasteiger partial charge in [0, 0.05) is 6.07 Å². The number of aromatic nitrogens is 4. The van der Waals surface area contributed by atoms with Crippen molar-refractivity contribution in [2.45, 2.75) is 13.8 Å². The molecule has 0 aliphatic carbocycles. The summed E-state index contributed by atoms with van der Waals surface area (Å²) >= 11 is 0. The van der Waals surface area contributed by atoms with Crippen molar-refractivity contribution in [3.8, 4) is 17.2 Å². The number of benzene rings is 2. The fourth-order valence-corrected chi connectivity index (χ4v) is 2.17. The topological polar surface area (TPSA) is 62.1 Å². The molecule has 2 aromatic carbocycles. The third kappa shape index (κ3) is 3.85. The highest BCUT2D eigenvalue weighted by Crippen LogP contribution is 2.19. The van der Waals surface area contributed by atoms with Crippen LogP contribution in [0.15, 0.2) is 48.8 Å². The molecule has 0 aliphatic rings. The van der Waals surface area contributed by atoms with E-state index in [-0.39, 0.29) is 0 Å². The molecule has 0 amide bonds. The van der Waals surface area contributed by atoms with Gasteiger partial charge in [-0.2, -0.15) is 0 Å². The number of hydrogen-bond acceptors (Lipinski definition) is 5. The minimum absolute atomic E-state index is 0.465. The highest BCUT2D eigenvalue weighted by Gasteiger charge is 2.02. The predicted octanol–water partition coefficient (Wildman–Crippen LogP) is 2.74. The average molecular weight is 310 g/mol. The van der Waals surface area contributed by atoms with Crippen LogP contribution in [0.3, 0.4) is 0 Å². The lowest BCUT2D eigenvalue weighted by atomic mass is 10.1. The minimum atomic E-state index is 0.465. The van der Waals surface area contributed by atoms with Crippen LogP contribution in [0.4, 0.5) is 0 Å². The van der Waals surface area contributed by atoms with E-state index in [4.69, 9.17) is 9.47 Å². The van der Waals surface area contributed by atoms with Gasteiger partial charge < -0.3 is 9.47 Å². The van der Waals surface area contributed by atoms with Gasteiger partial charge >= 0.3 is 0 Å². The maximum absolute atomic E-state index is 5.78. The highest BCUT2D eigenvalue weighted by atomic mass is 16.5. The second-order valence-electron chi connectivity index (χ2n) is 5.22. The van der Waals surface area contributed by atoms with Crippen molar-refractivity contribution in [3.05, 3.63) is 59.9 Å². The quantitative estimate of drug-likeness (QED) is 0.655. The molecule has 6 nitrogen and oxygen atoms in total. The van der Waals surface area contributed by atoms with Crippen LogP contribution >= 0.6 is 0 Å². The maximum Gasteiger partial charge on any atom is 0.143 e. The Bertz CT molecular complexity index is 772. The van der Waals surface area contributed by atoms with Gasteiger partial charge in [-0.25, -0.2) is 4.68 Å². The second kappa shape index (κ2) is 6.91. The van der Waals surface area contributed by atoms with Crippen molar-refractivity contribution < 1.29 is 9.47 Å². The number of rotatable bonds is 6. The Labute approximate surface area is 134 Å². The number of hydrogen-bond donors (Lipinski definition) is 0. The lowest BCUT2D eigenvalue weighted by Crippen LogP contribution is -2.10. The smallest absolute Gasteiger partial charge is 0.143 e. The molecule has 118 valence electrons. The van der Waals surface area contributed by atoms with Gasteiger partial charge in [0.25, 0.3) is 0 Å². The molecule has 0 aliphatic heterocycles. The number of ether oxygens (including phenoxy) is 2. The first-order chi connectivity index (χ1) is 11.2. The molecule has 1 heterocycles. The third-order valence-electron chi connectivity index (χ3n) is 3.38. The van der Waals surface area contributed by atoms with Crippen LogP contribution in [-0.2, 0) is 0 Å². The first-order valence-corrected chi connectivity index (χ1v) is 7.39. The molecule has 6 heteroatoms. The third-order valence-corrected chi connectivity index (χ3v) is 3.38. The van der Waals surface area contributed by atoms with Crippen LogP contribution in [0.1, 0.15) is 11.1 Å². The Morgan fingerprint density at radius 1 is 1.00 bits per heavy atom. The maximum atomic E-state index is 5.78. The second-order valence-corrected chi connectivity index (χ2v) is 5.22. The Balaban J connectivity index is 1.55. The number of tetrazole rings is 1. The first-order valence-electron chi connectivity index (χ1n) is 7.39. The molecule has 0 radical (unpaired) electrons. The van der Waals surface area contributed by atoms with E-state index in [1.165, 1.54) is 5.56 Å². The van der Waals surface area contributed by atoms with E-state index in [0.29, 0.717) is 13.2 Å². The predicted molar refractivity (Wildman–Crippen MR) is 86.1 cm³/mol. The number of nitrogens with zero attached hydrogens (tertiary/aromatic N) is 4. The van der Waals surface area contributed by atoms with Gasteiger partial charge in [-0.1, -0.05) is 18.2 Å². The summed E-state index contributed by atoms with van der Waals surface area (Å²) in [6.07, 6.45) is 1.54. The standard InChI is InChI=1S/C17H18N4O2/c1-13-6-7-14(2)17(10-13)23-9-8-22-16-5-3-4-15(11-16)21-12-18-19-20-21/h3-7,10-12H,8-9H2,1-2H3. The molecule has 1 aromatic heterocycles. The van der Waals surface area contributed by atoms with E-state index in [1.54, 1.807) is 11.0 Å². The van der Waals surface area contributed by atoms with Gasteiger partial charge in [-0.05, 0) is 53.6 Å². The Morgan fingerprint density at radius 3 is 2.70 bits per heavy atom. The van der Waals surface area contributed by atoms with Crippen LogP contribution in [0, 0.1) is 13.8 Å². The molecule has 0 bridgehead atoms. The van der Waals surface area contributed by atoms with Crippen LogP contribution in [-0.4, -0.2) is 33.4 Å². The summed E-state index contributed by atoms with van der Waals surface area (Å²) in [5.74, 6) is 1.65.